The molecule has 2 aromatic rings. The lowest BCUT2D eigenvalue weighted by Crippen LogP contribution is -2.45. The molecule has 0 aliphatic carbocycles. The van der Waals surface area contributed by atoms with Crippen molar-refractivity contribution in [2.75, 3.05) is 26.7 Å². The molecule has 1 aromatic carbocycles. The van der Waals surface area contributed by atoms with E-state index < -0.39 is 0 Å². The maximum atomic E-state index is 13.3. The first-order valence-corrected chi connectivity index (χ1v) is 11.7. The lowest BCUT2D eigenvalue weighted by molar-refractivity contribution is -0.141. The summed E-state index contributed by atoms with van der Waals surface area (Å²) in [6.07, 6.45) is 6.40. The SMILES string of the molecule is Cc1nc([C@H]2CCCCN2C(=O)C2CCN(C)CC2)ncc1C(=O)NCc1ccccc1. The summed E-state index contributed by atoms with van der Waals surface area (Å²) in [5.41, 5.74) is 2.17. The van der Waals surface area contributed by atoms with Crippen LogP contribution in [0.15, 0.2) is 36.5 Å². The molecule has 2 aliphatic heterocycles. The van der Waals surface area contributed by atoms with E-state index in [0.29, 0.717) is 23.6 Å². The van der Waals surface area contributed by atoms with Gasteiger partial charge in [-0.3, -0.25) is 9.59 Å². The topological polar surface area (TPSA) is 78.4 Å². The van der Waals surface area contributed by atoms with Crippen LogP contribution in [-0.4, -0.2) is 58.3 Å². The summed E-state index contributed by atoms with van der Waals surface area (Å²) in [5.74, 6) is 0.813. The van der Waals surface area contributed by atoms with E-state index in [1.807, 2.05) is 42.2 Å². The Morgan fingerprint density at radius 2 is 1.81 bits per heavy atom. The standard InChI is InChI=1S/C25H33N5O2/c1-18-21(24(31)27-16-19-8-4-3-5-9-19)17-26-23(28-18)22-10-6-7-13-30(22)25(32)20-11-14-29(2)15-12-20/h3-5,8-9,17,20,22H,6-7,10-16H2,1-2H3,(H,27,31)/t22-/m1/s1. The highest BCUT2D eigenvalue weighted by Crippen LogP contribution is 2.32. The maximum Gasteiger partial charge on any atom is 0.254 e. The van der Waals surface area contributed by atoms with Crippen LogP contribution in [0.4, 0.5) is 0 Å². The van der Waals surface area contributed by atoms with E-state index in [2.05, 4.69) is 27.2 Å². The largest absolute Gasteiger partial charge is 0.348 e. The molecule has 0 bridgehead atoms. The fourth-order valence-electron chi connectivity index (χ4n) is 4.70. The molecule has 1 aromatic heterocycles. The van der Waals surface area contributed by atoms with Crippen LogP contribution in [0.5, 0.6) is 0 Å². The van der Waals surface area contributed by atoms with Gasteiger partial charge >= 0.3 is 0 Å². The van der Waals surface area contributed by atoms with Crippen LogP contribution in [0, 0.1) is 12.8 Å². The van der Waals surface area contributed by atoms with Crippen LogP contribution in [0.1, 0.15) is 65.6 Å². The number of amides is 2. The Balaban J connectivity index is 1.45. The monoisotopic (exact) mass is 435 g/mol. The van der Waals surface area contributed by atoms with Crippen LogP contribution in [0.3, 0.4) is 0 Å². The van der Waals surface area contributed by atoms with E-state index in [1.165, 1.54) is 0 Å². The summed E-state index contributed by atoms with van der Waals surface area (Å²) in [6, 6.07) is 9.71. The second kappa shape index (κ2) is 10.2. The molecule has 3 heterocycles. The number of piperidine rings is 2. The molecule has 7 heteroatoms. The number of rotatable bonds is 5. The quantitative estimate of drug-likeness (QED) is 0.781. The van der Waals surface area contributed by atoms with E-state index in [1.54, 1.807) is 6.20 Å². The van der Waals surface area contributed by atoms with Crippen LogP contribution < -0.4 is 5.32 Å². The van der Waals surface area contributed by atoms with Crippen molar-refractivity contribution in [1.29, 1.82) is 0 Å². The number of hydrogen-bond acceptors (Lipinski definition) is 5. The first-order chi connectivity index (χ1) is 15.5. The van der Waals surface area contributed by atoms with Crippen molar-refractivity contribution in [3.8, 4) is 0 Å². The summed E-state index contributed by atoms with van der Waals surface area (Å²) < 4.78 is 0. The van der Waals surface area contributed by atoms with E-state index in [4.69, 9.17) is 0 Å². The molecule has 0 spiro atoms. The molecular weight excluding hydrogens is 402 g/mol. The van der Waals surface area contributed by atoms with Gasteiger partial charge in [0.2, 0.25) is 5.91 Å². The summed E-state index contributed by atoms with van der Waals surface area (Å²) in [4.78, 5) is 39.5. The molecule has 2 fully saturated rings. The Morgan fingerprint density at radius 1 is 1.06 bits per heavy atom. The number of benzene rings is 1. The van der Waals surface area contributed by atoms with E-state index >= 15 is 0 Å². The predicted octanol–water partition coefficient (Wildman–Crippen LogP) is 3.11. The fourth-order valence-corrected chi connectivity index (χ4v) is 4.70. The number of carbonyl (C=O) groups is 2. The molecule has 2 aliphatic rings. The third kappa shape index (κ3) is 5.15. The van der Waals surface area contributed by atoms with Gasteiger partial charge in [-0.05, 0) is 64.7 Å². The molecule has 0 unspecified atom stereocenters. The van der Waals surface area contributed by atoms with Gasteiger partial charge in [0, 0.05) is 25.2 Å². The average molecular weight is 436 g/mol. The Hall–Kier alpha value is -2.80. The van der Waals surface area contributed by atoms with Gasteiger partial charge in [-0.2, -0.15) is 0 Å². The van der Waals surface area contributed by atoms with Gasteiger partial charge in [0.25, 0.3) is 5.91 Å². The van der Waals surface area contributed by atoms with E-state index in [-0.39, 0.29) is 23.8 Å². The highest BCUT2D eigenvalue weighted by molar-refractivity contribution is 5.94. The highest BCUT2D eigenvalue weighted by Gasteiger charge is 2.35. The van der Waals surface area contributed by atoms with Gasteiger partial charge in [-0.1, -0.05) is 30.3 Å². The normalized spacial score (nSPS) is 20.2. The zero-order valence-electron chi connectivity index (χ0n) is 19.1. The van der Waals surface area contributed by atoms with Gasteiger partial charge in [-0.15, -0.1) is 0 Å². The summed E-state index contributed by atoms with van der Waals surface area (Å²) >= 11 is 0. The highest BCUT2D eigenvalue weighted by atomic mass is 16.2. The molecule has 1 atom stereocenters. The number of carbonyl (C=O) groups excluding carboxylic acids is 2. The molecule has 170 valence electrons. The second-order valence-electron chi connectivity index (χ2n) is 9.02. The number of likely N-dealkylation sites (tertiary alicyclic amines) is 2. The van der Waals surface area contributed by atoms with Gasteiger partial charge in [0.1, 0.15) is 0 Å². The molecule has 0 saturated carbocycles. The molecule has 7 nitrogen and oxygen atoms in total. The van der Waals surface area contributed by atoms with Gasteiger partial charge in [0.05, 0.1) is 17.3 Å². The van der Waals surface area contributed by atoms with Gasteiger partial charge < -0.3 is 15.1 Å². The maximum absolute atomic E-state index is 13.3. The zero-order chi connectivity index (χ0) is 22.5. The second-order valence-corrected chi connectivity index (χ2v) is 9.02. The van der Waals surface area contributed by atoms with Crippen molar-refractivity contribution in [3.63, 3.8) is 0 Å². The summed E-state index contributed by atoms with van der Waals surface area (Å²) in [6.45, 7) is 5.00. The van der Waals surface area contributed by atoms with Crippen LogP contribution in [0.25, 0.3) is 0 Å². The van der Waals surface area contributed by atoms with E-state index in [0.717, 1.165) is 57.3 Å². The number of aryl methyl sites for hydroxylation is 1. The van der Waals surface area contributed by atoms with Crippen molar-refractivity contribution >= 4 is 11.8 Å². The predicted molar refractivity (Wildman–Crippen MR) is 123 cm³/mol. The first-order valence-electron chi connectivity index (χ1n) is 11.7. The van der Waals surface area contributed by atoms with Gasteiger partial charge in [0.15, 0.2) is 5.82 Å². The molecule has 2 saturated heterocycles. The molecular formula is C25H33N5O2. The third-order valence-corrected chi connectivity index (χ3v) is 6.69. The minimum absolute atomic E-state index is 0.0935. The van der Waals surface area contributed by atoms with Crippen LogP contribution in [-0.2, 0) is 11.3 Å². The minimum Gasteiger partial charge on any atom is -0.348 e. The van der Waals surface area contributed by atoms with Crippen LogP contribution in [0.2, 0.25) is 0 Å². The Labute approximate surface area is 190 Å². The lowest BCUT2D eigenvalue weighted by atomic mass is 9.92. The van der Waals surface area contributed by atoms with Gasteiger partial charge in [-0.25, -0.2) is 9.97 Å². The van der Waals surface area contributed by atoms with Crippen molar-refractivity contribution in [3.05, 3.63) is 59.2 Å². The molecule has 4 rings (SSSR count). The number of aromatic nitrogens is 2. The summed E-state index contributed by atoms with van der Waals surface area (Å²) in [7, 11) is 2.11. The fraction of sp³-hybridized carbons (Fsp3) is 0.520. The molecule has 1 N–H and O–H groups in total. The smallest absolute Gasteiger partial charge is 0.254 e. The first kappa shape index (κ1) is 22.4. The van der Waals surface area contributed by atoms with E-state index in [9.17, 15) is 9.59 Å². The molecule has 0 radical (unpaired) electrons. The Bertz CT molecular complexity index is 941. The minimum atomic E-state index is -0.180. The van der Waals surface area contributed by atoms with Crippen molar-refractivity contribution in [2.24, 2.45) is 5.92 Å². The Morgan fingerprint density at radius 3 is 2.53 bits per heavy atom. The average Bonchev–Trinajstić information content (AvgIpc) is 2.83. The number of hydrogen-bond donors (Lipinski definition) is 1. The molecule has 2 amide bonds. The van der Waals surface area contributed by atoms with Crippen molar-refractivity contribution in [1.82, 2.24) is 25.1 Å². The van der Waals surface area contributed by atoms with Crippen molar-refractivity contribution < 1.29 is 9.59 Å². The summed E-state index contributed by atoms with van der Waals surface area (Å²) in [5, 5.41) is 2.94. The lowest BCUT2D eigenvalue weighted by Gasteiger charge is -2.39. The number of nitrogens with one attached hydrogen (secondary N) is 1. The molecule has 32 heavy (non-hydrogen) atoms. The zero-order valence-corrected chi connectivity index (χ0v) is 19.1. The third-order valence-electron chi connectivity index (χ3n) is 6.69. The van der Waals surface area contributed by atoms with Crippen molar-refractivity contribution in [2.45, 2.75) is 51.6 Å². The van der Waals surface area contributed by atoms with Crippen LogP contribution >= 0.6 is 0 Å². The Kier molecular flexibility index (Phi) is 7.15. The number of nitrogens with zero attached hydrogens (tertiary/aromatic N) is 4.